The van der Waals surface area contributed by atoms with Crippen LogP contribution in [0.2, 0.25) is 0 Å². The molecule has 1 N–H and O–H groups in total. The molecule has 0 aliphatic carbocycles. The highest BCUT2D eigenvalue weighted by atomic mass is 19.4. The number of ether oxygens (including phenoxy) is 1. The van der Waals surface area contributed by atoms with Crippen LogP contribution in [-0.4, -0.2) is 12.5 Å². The van der Waals surface area contributed by atoms with E-state index in [4.69, 9.17) is 4.74 Å². The van der Waals surface area contributed by atoms with Crippen molar-refractivity contribution in [3.63, 3.8) is 0 Å². The number of anilines is 1. The Morgan fingerprint density at radius 2 is 1.88 bits per heavy atom. The highest BCUT2D eigenvalue weighted by Gasteiger charge is 2.35. The predicted octanol–water partition coefficient (Wildman–Crippen LogP) is 4.63. The molecule has 0 aromatic heterocycles. The fourth-order valence-corrected chi connectivity index (χ4v) is 2.12. The van der Waals surface area contributed by atoms with Crippen molar-refractivity contribution >= 4 is 11.6 Å². The molecule has 0 saturated carbocycles. The van der Waals surface area contributed by atoms with E-state index in [0.717, 1.165) is 12.1 Å². The van der Waals surface area contributed by atoms with E-state index in [1.165, 1.54) is 0 Å². The third-order valence-corrected chi connectivity index (χ3v) is 3.26. The van der Waals surface area contributed by atoms with Crippen molar-refractivity contribution in [3.05, 3.63) is 65.0 Å². The summed E-state index contributed by atoms with van der Waals surface area (Å²) in [7, 11) is 0. The van der Waals surface area contributed by atoms with Crippen molar-refractivity contribution in [1.82, 2.24) is 0 Å². The highest BCUT2D eigenvalue weighted by molar-refractivity contribution is 6.05. The van der Waals surface area contributed by atoms with Gasteiger partial charge in [-0.2, -0.15) is 13.2 Å². The molecule has 0 aliphatic rings. The summed E-state index contributed by atoms with van der Waals surface area (Å²) in [6, 6.07) is 8.56. The SMILES string of the molecule is CCOCc1ccccc1NC(=O)c1ccc(F)cc1C(F)(F)F. The van der Waals surface area contributed by atoms with Crippen LogP contribution in [0.25, 0.3) is 0 Å². The number of benzene rings is 2. The molecule has 0 heterocycles. The number of rotatable bonds is 5. The number of carbonyl (C=O) groups excluding carboxylic acids is 1. The molecular formula is C17H15F4NO2. The molecule has 0 spiro atoms. The molecule has 0 unspecified atom stereocenters. The van der Waals surface area contributed by atoms with E-state index in [2.05, 4.69) is 5.32 Å². The monoisotopic (exact) mass is 341 g/mol. The molecule has 3 nitrogen and oxygen atoms in total. The van der Waals surface area contributed by atoms with Gasteiger partial charge in [-0.05, 0) is 31.2 Å². The average Bonchev–Trinajstić information content (AvgIpc) is 2.53. The van der Waals surface area contributed by atoms with Gasteiger partial charge in [0.05, 0.1) is 17.7 Å². The number of hydrogen-bond acceptors (Lipinski definition) is 2. The van der Waals surface area contributed by atoms with E-state index >= 15 is 0 Å². The van der Waals surface area contributed by atoms with Gasteiger partial charge in [-0.3, -0.25) is 4.79 Å². The fourth-order valence-electron chi connectivity index (χ4n) is 2.12. The molecule has 0 bridgehead atoms. The molecule has 24 heavy (non-hydrogen) atoms. The van der Waals surface area contributed by atoms with Crippen molar-refractivity contribution < 1.29 is 27.1 Å². The van der Waals surface area contributed by atoms with Crippen LogP contribution >= 0.6 is 0 Å². The summed E-state index contributed by atoms with van der Waals surface area (Å²) in [4.78, 5) is 12.2. The number of alkyl halides is 3. The van der Waals surface area contributed by atoms with Crippen molar-refractivity contribution in [2.75, 3.05) is 11.9 Å². The Bertz CT molecular complexity index is 729. The van der Waals surface area contributed by atoms with Gasteiger partial charge < -0.3 is 10.1 Å². The van der Waals surface area contributed by atoms with E-state index in [1.807, 2.05) is 0 Å². The van der Waals surface area contributed by atoms with E-state index in [-0.39, 0.29) is 6.61 Å². The smallest absolute Gasteiger partial charge is 0.377 e. The van der Waals surface area contributed by atoms with Gasteiger partial charge in [0.15, 0.2) is 0 Å². The lowest BCUT2D eigenvalue weighted by molar-refractivity contribution is -0.138. The van der Waals surface area contributed by atoms with E-state index in [1.54, 1.807) is 31.2 Å². The van der Waals surface area contributed by atoms with Gasteiger partial charge >= 0.3 is 6.18 Å². The average molecular weight is 341 g/mol. The molecule has 2 aromatic rings. The predicted molar refractivity (Wildman–Crippen MR) is 81.1 cm³/mol. The van der Waals surface area contributed by atoms with E-state index in [0.29, 0.717) is 23.9 Å². The van der Waals surface area contributed by atoms with Crippen LogP contribution in [0.5, 0.6) is 0 Å². The molecule has 128 valence electrons. The third-order valence-electron chi connectivity index (χ3n) is 3.26. The lowest BCUT2D eigenvalue weighted by Crippen LogP contribution is -2.19. The van der Waals surface area contributed by atoms with E-state index in [9.17, 15) is 22.4 Å². The topological polar surface area (TPSA) is 38.3 Å². The Hall–Kier alpha value is -2.41. The molecule has 0 aliphatic heterocycles. The fraction of sp³-hybridized carbons (Fsp3) is 0.235. The molecule has 1 amide bonds. The molecule has 2 aromatic carbocycles. The van der Waals surface area contributed by atoms with Gasteiger partial charge in [0.25, 0.3) is 5.91 Å². The maximum absolute atomic E-state index is 13.1. The number of hydrogen-bond donors (Lipinski definition) is 1. The minimum Gasteiger partial charge on any atom is -0.377 e. The molecule has 7 heteroatoms. The van der Waals surface area contributed by atoms with Gasteiger partial charge in [0.1, 0.15) is 5.82 Å². The van der Waals surface area contributed by atoms with Gasteiger partial charge in [0.2, 0.25) is 0 Å². The molecular weight excluding hydrogens is 326 g/mol. The van der Waals surface area contributed by atoms with Gasteiger partial charge in [-0.15, -0.1) is 0 Å². The molecule has 2 rings (SSSR count). The molecule has 0 radical (unpaired) electrons. The third kappa shape index (κ3) is 4.32. The van der Waals surface area contributed by atoms with Crippen molar-refractivity contribution in [2.24, 2.45) is 0 Å². The molecule has 0 fully saturated rings. The van der Waals surface area contributed by atoms with Crippen LogP contribution in [0.4, 0.5) is 23.2 Å². The zero-order chi connectivity index (χ0) is 17.7. The number of para-hydroxylation sites is 1. The highest BCUT2D eigenvalue weighted by Crippen LogP contribution is 2.33. The summed E-state index contributed by atoms with van der Waals surface area (Å²) < 4.78 is 57.4. The maximum atomic E-state index is 13.1. The first-order chi connectivity index (χ1) is 11.3. The first-order valence-corrected chi connectivity index (χ1v) is 7.16. The van der Waals surface area contributed by atoms with Crippen LogP contribution in [0.3, 0.4) is 0 Å². The number of halogens is 4. The summed E-state index contributed by atoms with van der Waals surface area (Å²) >= 11 is 0. The largest absolute Gasteiger partial charge is 0.417 e. The summed E-state index contributed by atoms with van der Waals surface area (Å²) in [5.41, 5.74) is -0.992. The molecule has 0 atom stereocenters. The Labute approximate surface area is 136 Å². The normalized spacial score (nSPS) is 11.4. The lowest BCUT2D eigenvalue weighted by Gasteiger charge is -2.15. The number of carbonyl (C=O) groups is 1. The van der Waals surface area contributed by atoms with Crippen molar-refractivity contribution in [2.45, 2.75) is 19.7 Å². The number of amides is 1. The van der Waals surface area contributed by atoms with Gasteiger partial charge in [-0.25, -0.2) is 4.39 Å². The Morgan fingerprint density at radius 1 is 1.17 bits per heavy atom. The van der Waals surface area contributed by atoms with Gasteiger partial charge in [0, 0.05) is 17.9 Å². The van der Waals surface area contributed by atoms with Crippen LogP contribution in [0.1, 0.15) is 28.4 Å². The van der Waals surface area contributed by atoms with Crippen molar-refractivity contribution in [1.29, 1.82) is 0 Å². The second-order valence-corrected chi connectivity index (χ2v) is 4.94. The summed E-state index contributed by atoms with van der Waals surface area (Å²) in [6.45, 7) is 2.47. The second kappa shape index (κ2) is 7.44. The summed E-state index contributed by atoms with van der Waals surface area (Å²) in [5.74, 6) is -2.03. The standard InChI is InChI=1S/C17H15F4NO2/c1-2-24-10-11-5-3-4-6-15(11)22-16(23)13-8-7-12(18)9-14(13)17(19,20)21/h3-9H,2,10H2,1H3,(H,22,23). The Morgan fingerprint density at radius 3 is 2.54 bits per heavy atom. The number of nitrogens with one attached hydrogen (secondary N) is 1. The Kier molecular flexibility index (Phi) is 5.56. The minimum atomic E-state index is -4.83. The quantitative estimate of drug-likeness (QED) is 0.805. The first kappa shape index (κ1) is 17.9. The maximum Gasteiger partial charge on any atom is 0.417 e. The lowest BCUT2D eigenvalue weighted by atomic mass is 10.1. The van der Waals surface area contributed by atoms with Crippen molar-refractivity contribution in [3.8, 4) is 0 Å². The summed E-state index contributed by atoms with van der Waals surface area (Å²) in [6.07, 6.45) is -4.83. The van der Waals surface area contributed by atoms with Gasteiger partial charge in [-0.1, -0.05) is 18.2 Å². The van der Waals surface area contributed by atoms with Crippen LogP contribution in [0, 0.1) is 5.82 Å². The first-order valence-electron chi connectivity index (χ1n) is 7.16. The second-order valence-electron chi connectivity index (χ2n) is 4.94. The van der Waals surface area contributed by atoms with Crippen LogP contribution in [-0.2, 0) is 17.5 Å². The zero-order valence-electron chi connectivity index (χ0n) is 12.8. The van der Waals surface area contributed by atoms with Crippen LogP contribution in [0.15, 0.2) is 42.5 Å². The molecule has 0 saturated heterocycles. The van der Waals surface area contributed by atoms with Crippen LogP contribution < -0.4 is 5.32 Å². The zero-order valence-corrected chi connectivity index (χ0v) is 12.8. The summed E-state index contributed by atoms with van der Waals surface area (Å²) in [5, 5.41) is 2.43. The Balaban J connectivity index is 2.32. The van der Waals surface area contributed by atoms with E-state index < -0.39 is 29.0 Å². The minimum absolute atomic E-state index is 0.211.